The zero-order valence-corrected chi connectivity index (χ0v) is 17.7. The number of aryl methyl sites for hydroxylation is 1. The number of nitrogens with one attached hydrogen (secondary N) is 1. The second kappa shape index (κ2) is 7.88. The number of amides is 1. The van der Waals surface area contributed by atoms with Gasteiger partial charge in [-0.15, -0.1) is 11.3 Å². The van der Waals surface area contributed by atoms with Crippen LogP contribution in [0.15, 0.2) is 24.3 Å². The van der Waals surface area contributed by atoms with Crippen LogP contribution in [0.4, 0.5) is 0 Å². The number of hydrogen-bond acceptors (Lipinski definition) is 5. The molecule has 1 saturated heterocycles. The number of aromatic nitrogens is 3. The first-order chi connectivity index (χ1) is 14.2. The first-order valence-electron chi connectivity index (χ1n) is 10.6. The van der Waals surface area contributed by atoms with E-state index in [1.54, 1.807) is 11.3 Å². The third-order valence-corrected chi connectivity index (χ3v) is 7.22. The number of rotatable bonds is 4. The molecule has 0 radical (unpaired) electrons. The van der Waals surface area contributed by atoms with E-state index in [-0.39, 0.29) is 5.91 Å². The van der Waals surface area contributed by atoms with E-state index < -0.39 is 0 Å². The van der Waals surface area contributed by atoms with Crippen LogP contribution in [0, 0.1) is 0 Å². The Kier molecular flexibility index (Phi) is 5.09. The number of para-hydroxylation sites is 1. The zero-order valence-electron chi connectivity index (χ0n) is 16.9. The molecule has 7 heteroatoms. The van der Waals surface area contributed by atoms with Crippen LogP contribution in [-0.4, -0.2) is 44.7 Å². The number of carbonyl (C=O) groups is 1. The molecule has 1 unspecified atom stereocenters. The largest absolute Gasteiger partial charge is 0.337 e. The monoisotopic (exact) mass is 409 g/mol. The molecule has 0 bridgehead atoms. The summed E-state index contributed by atoms with van der Waals surface area (Å²) in [5.41, 5.74) is 4.12. The second-order valence-corrected chi connectivity index (χ2v) is 9.26. The molecule has 5 rings (SSSR count). The lowest BCUT2D eigenvalue weighted by atomic mass is 9.91. The van der Waals surface area contributed by atoms with Crippen molar-refractivity contribution in [1.82, 2.24) is 25.0 Å². The van der Waals surface area contributed by atoms with Crippen LogP contribution in [-0.2, 0) is 26.4 Å². The first-order valence-corrected chi connectivity index (χ1v) is 11.4. The predicted molar refractivity (Wildman–Crippen MR) is 115 cm³/mol. The summed E-state index contributed by atoms with van der Waals surface area (Å²) in [5, 5.41) is 9.44. The molecule has 3 heterocycles. The van der Waals surface area contributed by atoms with Crippen molar-refractivity contribution in [2.45, 2.75) is 51.1 Å². The summed E-state index contributed by atoms with van der Waals surface area (Å²) in [4.78, 5) is 19.8. The fourth-order valence-electron chi connectivity index (χ4n) is 4.61. The standard InChI is InChI=1S/C22H27N5OS/c1-26-18-10-9-15(23-14-20-24-17-7-3-4-8-19(17)29-20)13-16(18)21(25-26)22(28)27-11-5-2-6-12-27/h3-4,7-8,15,23H,2,5-6,9-14H2,1H3. The molecule has 2 aromatic heterocycles. The van der Waals surface area contributed by atoms with Gasteiger partial charge in [-0.1, -0.05) is 12.1 Å². The SMILES string of the molecule is Cn1nc(C(=O)N2CCCCC2)c2c1CCC(NCc1nc3ccccc3s1)C2. The van der Waals surface area contributed by atoms with Gasteiger partial charge in [-0.2, -0.15) is 5.10 Å². The van der Waals surface area contributed by atoms with Crippen molar-refractivity contribution >= 4 is 27.5 Å². The molecular formula is C22H27N5OS. The van der Waals surface area contributed by atoms with Crippen LogP contribution in [0.2, 0.25) is 0 Å². The fourth-order valence-corrected chi connectivity index (χ4v) is 5.53. The second-order valence-electron chi connectivity index (χ2n) is 8.15. The summed E-state index contributed by atoms with van der Waals surface area (Å²) < 4.78 is 3.16. The Morgan fingerprint density at radius 3 is 2.90 bits per heavy atom. The van der Waals surface area contributed by atoms with Crippen LogP contribution in [0.25, 0.3) is 10.2 Å². The van der Waals surface area contributed by atoms with Gasteiger partial charge in [0.25, 0.3) is 5.91 Å². The van der Waals surface area contributed by atoms with E-state index in [1.807, 2.05) is 22.7 Å². The maximum absolute atomic E-state index is 13.1. The highest BCUT2D eigenvalue weighted by atomic mass is 32.1. The summed E-state index contributed by atoms with van der Waals surface area (Å²) in [6, 6.07) is 8.63. The van der Waals surface area contributed by atoms with E-state index in [1.165, 1.54) is 16.8 Å². The number of piperidine rings is 1. The number of benzene rings is 1. The minimum atomic E-state index is 0.119. The van der Waals surface area contributed by atoms with Crippen molar-refractivity contribution in [2.75, 3.05) is 13.1 Å². The minimum absolute atomic E-state index is 0.119. The zero-order chi connectivity index (χ0) is 19.8. The lowest BCUT2D eigenvalue weighted by Gasteiger charge is -2.27. The molecule has 1 aliphatic carbocycles. The Balaban J connectivity index is 1.30. The van der Waals surface area contributed by atoms with E-state index in [0.29, 0.717) is 11.7 Å². The van der Waals surface area contributed by atoms with E-state index in [4.69, 9.17) is 4.98 Å². The summed E-state index contributed by atoms with van der Waals surface area (Å²) in [7, 11) is 1.97. The molecule has 1 aromatic carbocycles. The van der Waals surface area contributed by atoms with E-state index in [2.05, 4.69) is 28.6 Å². The number of fused-ring (bicyclic) bond motifs is 2. The van der Waals surface area contributed by atoms with Crippen molar-refractivity contribution in [3.63, 3.8) is 0 Å². The topological polar surface area (TPSA) is 63.1 Å². The van der Waals surface area contributed by atoms with E-state index in [9.17, 15) is 4.79 Å². The molecule has 1 amide bonds. The van der Waals surface area contributed by atoms with Gasteiger partial charge in [0.05, 0.1) is 10.2 Å². The Hall–Kier alpha value is -2.25. The number of thiazole rings is 1. The molecule has 6 nitrogen and oxygen atoms in total. The predicted octanol–water partition coefficient (Wildman–Crippen LogP) is 3.30. The number of hydrogen-bond donors (Lipinski definition) is 1. The molecule has 152 valence electrons. The van der Waals surface area contributed by atoms with Crippen LogP contribution >= 0.6 is 11.3 Å². The summed E-state index contributed by atoms with van der Waals surface area (Å²) in [6.07, 6.45) is 6.32. The normalized spacial score (nSPS) is 19.5. The van der Waals surface area contributed by atoms with Gasteiger partial charge in [0, 0.05) is 44.0 Å². The van der Waals surface area contributed by atoms with E-state index in [0.717, 1.165) is 67.8 Å². The van der Waals surface area contributed by atoms with Crippen LogP contribution < -0.4 is 5.32 Å². The van der Waals surface area contributed by atoms with Crippen LogP contribution in [0.5, 0.6) is 0 Å². The van der Waals surface area contributed by atoms with Crippen molar-refractivity contribution in [3.05, 3.63) is 46.2 Å². The Labute approximate surface area is 174 Å². The quantitative estimate of drug-likeness (QED) is 0.718. The molecule has 1 fully saturated rings. The molecule has 1 N–H and O–H groups in total. The van der Waals surface area contributed by atoms with Crippen LogP contribution in [0.3, 0.4) is 0 Å². The fraction of sp³-hybridized carbons (Fsp3) is 0.500. The third kappa shape index (κ3) is 3.69. The van der Waals surface area contributed by atoms with Gasteiger partial charge < -0.3 is 10.2 Å². The Morgan fingerprint density at radius 1 is 1.24 bits per heavy atom. The highest BCUT2D eigenvalue weighted by Gasteiger charge is 2.30. The van der Waals surface area contributed by atoms with Crippen molar-refractivity contribution < 1.29 is 4.79 Å². The average Bonchev–Trinajstić information content (AvgIpc) is 3.33. The number of nitrogens with zero attached hydrogens (tertiary/aromatic N) is 4. The maximum atomic E-state index is 13.1. The highest BCUT2D eigenvalue weighted by molar-refractivity contribution is 7.18. The minimum Gasteiger partial charge on any atom is -0.337 e. The summed E-state index contributed by atoms with van der Waals surface area (Å²) >= 11 is 1.75. The van der Waals surface area contributed by atoms with E-state index >= 15 is 0 Å². The number of carbonyl (C=O) groups excluding carboxylic acids is 1. The number of likely N-dealkylation sites (tertiary alicyclic amines) is 1. The molecule has 3 aromatic rings. The Bertz CT molecular complexity index is 1000. The smallest absolute Gasteiger partial charge is 0.274 e. The first kappa shape index (κ1) is 18.8. The van der Waals surface area contributed by atoms with Crippen molar-refractivity contribution in [2.24, 2.45) is 7.05 Å². The van der Waals surface area contributed by atoms with Gasteiger partial charge in [-0.3, -0.25) is 9.48 Å². The van der Waals surface area contributed by atoms with Crippen LogP contribution in [0.1, 0.15) is 52.4 Å². The molecule has 0 saturated carbocycles. The maximum Gasteiger partial charge on any atom is 0.274 e. The van der Waals surface area contributed by atoms with Gasteiger partial charge in [-0.25, -0.2) is 4.98 Å². The van der Waals surface area contributed by atoms with Gasteiger partial charge in [0.15, 0.2) is 5.69 Å². The van der Waals surface area contributed by atoms with Gasteiger partial charge in [0.1, 0.15) is 5.01 Å². The van der Waals surface area contributed by atoms with Gasteiger partial charge >= 0.3 is 0 Å². The average molecular weight is 410 g/mol. The third-order valence-electron chi connectivity index (χ3n) is 6.18. The molecule has 1 atom stereocenters. The lowest BCUT2D eigenvalue weighted by molar-refractivity contribution is 0.0716. The lowest BCUT2D eigenvalue weighted by Crippen LogP contribution is -2.38. The summed E-state index contributed by atoms with van der Waals surface area (Å²) in [5.74, 6) is 0.119. The molecule has 29 heavy (non-hydrogen) atoms. The van der Waals surface area contributed by atoms with Gasteiger partial charge in [0.2, 0.25) is 0 Å². The van der Waals surface area contributed by atoms with Crippen molar-refractivity contribution in [3.8, 4) is 0 Å². The Morgan fingerprint density at radius 2 is 2.07 bits per heavy atom. The molecular weight excluding hydrogens is 382 g/mol. The van der Waals surface area contributed by atoms with Crippen molar-refractivity contribution in [1.29, 1.82) is 0 Å². The molecule has 2 aliphatic rings. The molecule has 0 spiro atoms. The summed E-state index contributed by atoms with van der Waals surface area (Å²) in [6.45, 7) is 2.50. The highest BCUT2D eigenvalue weighted by Crippen LogP contribution is 2.27. The molecule has 1 aliphatic heterocycles. The van der Waals surface area contributed by atoms with Gasteiger partial charge in [-0.05, 0) is 50.7 Å².